The highest BCUT2D eigenvalue weighted by Gasteiger charge is 2.44. The van der Waals surface area contributed by atoms with Gasteiger partial charge in [-0.25, -0.2) is 4.98 Å². The van der Waals surface area contributed by atoms with Crippen LogP contribution in [0.4, 0.5) is 4.39 Å². The minimum atomic E-state index is -0.575. The first-order valence-corrected chi connectivity index (χ1v) is 8.01. The second-order valence-electron chi connectivity index (χ2n) is 6.78. The van der Waals surface area contributed by atoms with Crippen LogP contribution in [0.25, 0.3) is 28.1 Å². The number of para-hydroxylation sites is 1. The van der Waals surface area contributed by atoms with Crippen molar-refractivity contribution in [1.29, 1.82) is 0 Å². The van der Waals surface area contributed by atoms with Gasteiger partial charge in [-0.15, -0.1) is 0 Å². The van der Waals surface area contributed by atoms with E-state index in [2.05, 4.69) is 22.0 Å². The van der Waals surface area contributed by atoms with Crippen LogP contribution < -0.4 is 4.73 Å². The molecule has 1 saturated carbocycles. The Bertz CT molecular complexity index is 1160. The number of halogens is 1. The first-order chi connectivity index (χ1) is 12.0. The number of imidazole rings is 1. The second kappa shape index (κ2) is 4.53. The quantitative estimate of drug-likeness (QED) is 0.414. The Labute approximate surface area is 141 Å². The third kappa shape index (κ3) is 1.84. The fourth-order valence-electron chi connectivity index (χ4n) is 3.17. The number of rotatable bonds is 2. The fraction of sp³-hybridized carbons (Fsp3) is 0.294. The first-order valence-electron chi connectivity index (χ1n) is 8.01. The fourth-order valence-corrected chi connectivity index (χ4v) is 3.17. The van der Waals surface area contributed by atoms with Crippen LogP contribution in [0.2, 0.25) is 0 Å². The normalized spacial score (nSPS) is 16.0. The number of aromatic nitrogens is 5. The van der Waals surface area contributed by atoms with Crippen LogP contribution in [0, 0.1) is 17.9 Å². The van der Waals surface area contributed by atoms with Gasteiger partial charge in [0.15, 0.2) is 17.3 Å². The summed E-state index contributed by atoms with van der Waals surface area (Å²) < 4.78 is 21.8. The van der Waals surface area contributed by atoms with E-state index in [0.29, 0.717) is 33.0 Å². The molecular weight excluding hydrogens is 325 g/mol. The van der Waals surface area contributed by atoms with Crippen molar-refractivity contribution < 1.29 is 13.6 Å². The summed E-state index contributed by atoms with van der Waals surface area (Å²) in [7, 11) is 0. The molecule has 8 heteroatoms. The molecule has 0 saturated heterocycles. The molecule has 1 aliphatic carbocycles. The number of fused-ring (bicyclic) bond motifs is 3. The number of benzene rings is 1. The second-order valence-corrected chi connectivity index (χ2v) is 6.78. The molecule has 0 atom stereocenters. The molecule has 1 aromatic carbocycles. The molecule has 126 valence electrons. The van der Waals surface area contributed by atoms with Gasteiger partial charge in [-0.2, -0.15) is 14.1 Å². The zero-order valence-electron chi connectivity index (χ0n) is 13.7. The van der Waals surface area contributed by atoms with E-state index >= 15 is 0 Å². The van der Waals surface area contributed by atoms with Gasteiger partial charge in [0.05, 0.1) is 0 Å². The standard InChI is InChI=1S/C17H14FN5O2/c1-9-13-12(15-20-16(21-25-15)17(2)6-7-17)19-8-22(13)11-5-3-4-10(18)14(11)23(9)24/h3-5,8H,6-7H2,1-2H3. The molecule has 1 fully saturated rings. The molecule has 5 rings (SSSR count). The molecule has 0 radical (unpaired) electrons. The van der Waals surface area contributed by atoms with Crippen molar-refractivity contribution in [3.63, 3.8) is 0 Å². The summed E-state index contributed by atoms with van der Waals surface area (Å²) in [6, 6.07) is 4.50. The van der Waals surface area contributed by atoms with Crippen molar-refractivity contribution in [2.24, 2.45) is 0 Å². The van der Waals surface area contributed by atoms with E-state index in [1.807, 2.05) is 0 Å². The van der Waals surface area contributed by atoms with Crippen LogP contribution in [-0.4, -0.2) is 19.5 Å². The van der Waals surface area contributed by atoms with Gasteiger partial charge in [-0.1, -0.05) is 18.1 Å². The number of nitrogens with zero attached hydrogens (tertiary/aromatic N) is 5. The van der Waals surface area contributed by atoms with Crippen molar-refractivity contribution in [3.05, 3.63) is 47.1 Å². The maximum atomic E-state index is 14.1. The van der Waals surface area contributed by atoms with Crippen LogP contribution in [0.1, 0.15) is 31.3 Å². The van der Waals surface area contributed by atoms with E-state index in [1.54, 1.807) is 29.8 Å². The van der Waals surface area contributed by atoms with Gasteiger partial charge in [0.25, 0.3) is 11.4 Å². The van der Waals surface area contributed by atoms with Crippen LogP contribution >= 0.6 is 0 Å². The summed E-state index contributed by atoms with van der Waals surface area (Å²) in [5.41, 5.74) is 1.67. The lowest BCUT2D eigenvalue weighted by atomic mass is 10.1. The Morgan fingerprint density at radius 2 is 2.16 bits per heavy atom. The SMILES string of the molecule is Cc1c2c(-c3nc(C4(C)CC4)no3)ncn2c2cccc(F)c2[n+]1[O-]. The maximum Gasteiger partial charge on any atom is 0.279 e. The van der Waals surface area contributed by atoms with Crippen LogP contribution in [0.5, 0.6) is 0 Å². The summed E-state index contributed by atoms with van der Waals surface area (Å²) in [5, 5.41) is 16.6. The molecule has 0 aliphatic heterocycles. The Morgan fingerprint density at radius 1 is 1.36 bits per heavy atom. The third-order valence-electron chi connectivity index (χ3n) is 5.01. The topological polar surface area (TPSA) is 83.2 Å². The van der Waals surface area contributed by atoms with Gasteiger partial charge in [0.1, 0.15) is 17.4 Å². The summed E-state index contributed by atoms with van der Waals surface area (Å²) in [4.78, 5) is 8.82. The average Bonchev–Trinajstić information content (AvgIpc) is 3.04. The number of hydrogen-bond donors (Lipinski definition) is 0. The van der Waals surface area contributed by atoms with E-state index in [4.69, 9.17) is 4.52 Å². The third-order valence-corrected chi connectivity index (χ3v) is 5.01. The van der Waals surface area contributed by atoms with E-state index in [1.165, 1.54) is 6.07 Å². The van der Waals surface area contributed by atoms with Crippen LogP contribution in [0.15, 0.2) is 29.0 Å². The van der Waals surface area contributed by atoms with Crippen molar-refractivity contribution in [1.82, 2.24) is 19.5 Å². The van der Waals surface area contributed by atoms with Crippen molar-refractivity contribution in [3.8, 4) is 11.6 Å². The predicted octanol–water partition coefficient (Wildman–Crippen LogP) is 2.67. The van der Waals surface area contributed by atoms with Gasteiger partial charge in [-0.3, -0.25) is 4.40 Å². The molecule has 1 aliphatic rings. The highest BCUT2D eigenvalue weighted by molar-refractivity contribution is 5.82. The van der Waals surface area contributed by atoms with Gasteiger partial charge < -0.3 is 9.73 Å². The van der Waals surface area contributed by atoms with Crippen molar-refractivity contribution in [2.75, 3.05) is 0 Å². The molecule has 0 spiro atoms. The van der Waals surface area contributed by atoms with E-state index in [9.17, 15) is 9.60 Å². The van der Waals surface area contributed by atoms with Gasteiger partial charge in [0.2, 0.25) is 5.69 Å². The molecule has 0 N–H and O–H groups in total. The molecule has 7 nitrogen and oxygen atoms in total. The smallest absolute Gasteiger partial charge is 0.279 e. The molecule has 25 heavy (non-hydrogen) atoms. The Morgan fingerprint density at radius 3 is 2.92 bits per heavy atom. The van der Waals surface area contributed by atoms with Gasteiger partial charge >= 0.3 is 0 Å². The Kier molecular flexibility index (Phi) is 2.60. The van der Waals surface area contributed by atoms with Crippen LogP contribution in [0.3, 0.4) is 0 Å². The average molecular weight is 339 g/mol. The molecule has 3 aromatic heterocycles. The molecule has 0 amide bonds. The molecule has 0 bridgehead atoms. The number of hydrogen-bond acceptors (Lipinski definition) is 5. The van der Waals surface area contributed by atoms with Crippen LogP contribution in [-0.2, 0) is 5.41 Å². The highest BCUT2D eigenvalue weighted by Crippen LogP contribution is 2.46. The molecule has 3 heterocycles. The Balaban J connectivity index is 1.81. The lowest BCUT2D eigenvalue weighted by Crippen LogP contribution is -2.33. The van der Waals surface area contributed by atoms with E-state index < -0.39 is 5.82 Å². The Hall–Kier alpha value is -3.03. The summed E-state index contributed by atoms with van der Waals surface area (Å²) in [6.45, 7) is 3.71. The van der Waals surface area contributed by atoms with E-state index in [-0.39, 0.29) is 16.8 Å². The lowest BCUT2D eigenvalue weighted by Gasteiger charge is -2.08. The number of aryl methyl sites for hydroxylation is 1. The molecule has 4 aromatic rings. The van der Waals surface area contributed by atoms with Crippen molar-refractivity contribution in [2.45, 2.75) is 32.1 Å². The summed E-state index contributed by atoms with van der Waals surface area (Å²) in [6.07, 6.45) is 3.60. The highest BCUT2D eigenvalue weighted by atomic mass is 19.1. The molecule has 0 unspecified atom stereocenters. The maximum absolute atomic E-state index is 14.1. The monoisotopic (exact) mass is 339 g/mol. The minimum Gasteiger partial charge on any atom is -0.618 e. The molecular formula is C17H14FN5O2. The van der Waals surface area contributed by atoms with E-state index in [0.717, 1.165) is 12.8 Å². The predicted molar refractivity (Wildman–Crippen MR) is 86.2 cm³/mol. The summed E-state index contributed by atoms with van der Waals surface area (Å²) >= 11 is 0. The van der Waals surface area contributed by atoms with Gasteiger partial charge in [0, 0.05) is 12.3 Å². The first kappa shape index (κ1) is 14.3. The van der Waals surface area contributed by atoms with Crippen molar-refractivity contribution >= 4 is 16.6 Å². The summed E-state index contributed by atoms with van der Waals surface area (Å²) in [5.74, 6) is 0.349. The lowest BCUT2D eigenvalue weighted by molar-refractivity contribution is -0.584. The minimum absolute atomic E-state index is 0.0202. The zero-order chi connectivity index (χ0) is 17.3. The largest absolute Gasteiger partial charge is 0.618 e. The van der Waals surface area contributed by atoms with Gasteiger partial charge in [-0.05, 0) is 25.0 Å². The zero-order valence-corrected chi connectivity index (χ0v) is 13.7.